The van der Waals surface area contributed by atoms with Crippen molar-refractivity contribution in [2.75, 3.05) is 0 Å². The van der Waals surface area contributed by atoms with Gasteiger partial charge in [0.25, 0.3) is 0 Å². The van der Waals surface area contributed by atoms with E-state index in [9.17, 15) is 0 Å². The minimum atomic E-state index is -0.685. The number of aryl methyl sites for hydroxylation is 1. The van der Waals surface area contributed by atoms with E-state index in [-0.39, 0.29) is 0 Å². The predicted molar refractivity (Wildman–Crippen MR) is 77.9 cm³/mol. The molecule has 0 saturated carbocycles. The SMILES string of the molecule is CCC1=C(c2ccccc2CC)C=CC(N)(N)C1. The van der Waals surface area contributed by atoms with Crippen molar-refractivity contribution in [1.82, 2.24) is 0 Å². The number of rotatable bonds is 3. The second-order valence-corrected chi connectivity index (χ2v) is 5.00. The van der Waals surface area contributed by atoms with Gasteiger partial charge in [0.1, 0.15) is 0 Å². The van der Waals surface area contributed by atoms with Gasteiger partial charge in [-0.05, 0) is 35.6 Å². The highest BCUT2D eigenvalue weighted by atomic mass is 14.9. The van der Waals surface area contributed by atoms with Gasteiger partial charge >= 0.3 is 0 Å². The van der Waals surface area contributed by atoms with Gasteiger partial charge in [-0.1, -0.05) is 49.8 Å². The van der Waals surface area contributed by atoms with Crippen molar-refractivity contribution in [1.29, 1.82) is 0 Å². The van der Waals surface area contributed by atoms with Crippen LogP contribution in [-0.4, -0.2) is 5.66 Å². The van der Waals surface area contributed by atoms with E-state index in [2.05, 4.69) is 44.2 Å². The Bertz CT molecular complexity index is 496. The molecule has 18 heavy (non-hydrogen) atoms. The molecule has 1 aromatic carbocycles. The maximum absolute atomic E-state index is 6.01. The van der Waals surface area contributed by atoms with Crippen LogP contribution in [0.4, 0.5) is 0 Å². The molecular formula is C16H22N2. The molecule has 1 aliphatic carbocycles. The van der Waals surface area contributed by atoms with Gasteiger partial charge in [0.05, 0.1) is 5.66 Å². The zero-order chi connectivity index (χ0) is 13.2. The average Bonchev–Trinajstić information content (AvgIpc) is 2.37. The summed E-state index contributed by atoms with van der Waals surface area (Å²) in [5.74, 6) is 0. The Kier molecular flexibility index (Phi) is 3.69. The van der Waals surface area contributed by atoms with E-state index in [1.54, 1.807) is 0 Å². The molecule has 0 aromatic heterocycles. The van der Waals surface area contributed by atoms with Crippen molar-refractivity contribution >= 4 is 5.57 Å². The lowest BCUT2D eigenvalue weighted by atomic mass is 9.84. The summed E-state index contributed by atoms with van der Waals surface area (Å²) in [4.78, 5) is 0. The van der Waals surface area contributed by atoms with E-state index in [0.29, 0.717) is 0 Å². The van der Waals surface area contributed by atoms with Gasteiger partial charge in [0.2, 0.25) is 0 Å². The molecule has 2 nitrogen and oxygen atoms in total. The molecule has 2 rings (SSSR count). The van der Waals surface area contributed by atoms with Gasteiger partial charge in [-0.2, -0.15) is 0 Å². The van der Waals surface area contributed by atoms with E-state index >= 15 is 0 Å². The van der Waals surface area contributed by atoms with E-state index in [0.717, 1.165) is 19.3 Å². The van der Waals surface area contributed by atoms with Crippen LogP contribution in [0.2, 0.25) is 0 Å². The Labute approximate surface area is 109 Å². The molecule has 0 amide bonds. The van der Waals surface area contributed by atoms with Gasteiger partial charge < -0.3 is 11.5 Å². The molecule has 0 unspecified atom stereocenters. The minimum absolute atomic E-state index is 0.685. The molecule has 0 aliphatic heterocycles. The number of nitrogens with two attached hydrogens (primary N) is 2. The van der Waals surface area contributed by atoms with E-state index in [4.69, 9.17) is 11.5 Å². The Hall–Kier alpha value is -1.38. The highest BCUT2D eigenvalue weighted by Crippen LogP contribution is 2.33. The third kappa shape index (κ3) is 2.55. The molecule has 4 N–H and O–H groups in total. The lowest BCUT2D eigenvalue weighted by molar-refractivity contribution is 0.536. The van der Waals surface area contributed by atoms with Crippen LogP contribution in [0, 0.1) is 0 Å². The minimum Gasteiger partial charge on any atom is -0.310 e. The Morgan fingerprint density at radius 2 is 1.83 bits per heavy atom. The summed E-state index contributed by atoms with van der Waals surface area (Å²) < 4.78 is 0. The summed E-state index contributed by atoms with van der Waals surface area (Å²) in [5, 5.41) is 0. The molecule has 0 radical (unpaired) electrons. The first-order valence-electron chi connectivity index (χ1n) is 6.64. The van der Waals surface area contributed by atoms with Crippen LogP contribution in [0.1, 0.15) is 37.8 Å². The van der Waals surface area contributed by atoms with Crippen molar-refractivity contribution in [3.8, 4) is 0 Å². The van der Waals surface area contributed by atoms with Crippen LogP contribution in [0.15, 0.2) is 42.0 Å². The largest absolute Gasteiger partial charge is 0.310 e. The quantitative estimate of drug-likeness (QED) is 0.801. The van der Waals surface area contributed by atoms with Crippen LogP contribution in [-0.2, 0) is 6.42 Å². The number of hydrogen-bond donors (Lipinski definition) is 2. The van der Waals surface area contributed by atoms with Gasteiger partial charge in [0.15, 0.2) is 0 Å². The summed E-state index contributed by atoms with van der Waals surface area (Å²) in [7, 11) is 0. The predicted octanol–water partition coefficient (Wildman–Crippen LogP) is 2.99. The second kappa shape index (κ2) is 5.09. The zero-order valence-corrected chi connectivity index (χ0v) is 11.2. The van der Waals surface area contributed by atoms with Crippen LogP contribution < -0.4 is 11.5 Å². The number of hydrogen-bond acceptors (Lipinski definition) is 2. The van der Waals surface area contributed by atoms with Crippen LogP contribution in [0.25, 0.3) is 5.57 Å². The summed E-state index contributed by atoms with van der Waals surface area (Å²) >= 11 is 0. The lowest BCUT2D eigenvalue weighted by Crippen LogP contribution is -2.48. The summed E-state index contributed by atoms with van der Waals surface area (Å²) in [6.45, 7) is 4.35. The fourth-order valence-electron chi connectivity index (χ4n) is 2.57. The first-order valence-corrected chi connectivity index (χ1v) is 6.64. The highest BCUT2D eigenvalue weighted by Gasteiger charge is 2.23. The average molecular weight is 242 g/mol. The van der Waals surface area contributed by atoms with Crippen molar-refractivity contribution < 1.29 is 0 Å². The van der Waals surface area contributed by atoms with Gasteiger partial charge in [0, 0.05) is 6.42 Å². The van der Waals surface area contributed by atoms with Gasteiger partial charge in [-0.3, -0.25) is 0 Å². The molecule has 0 spiro atoms. The first-order chi connectivity index (χ1) is 8.57. The topological polar surface area (TPSA) is 52.0 Å². The maximum atomic E-state index is 6.01. The Morgan fingerprint density at radius 3 is 2.50 bits per heavy atom. The molecular weight excluding hydrogens is 220 g/mol. The Morgan fingerprint density at radius 1 is 1.11 bits per heavy atom. The van der Waals surface area contributed by atoms with E-state index < -0.39 is 5.66 Å². The molecule has 96 valence electrons. The van der Waals surface area contributed by atoms with E-state index in [1.807, 2.05) is 6.08 Å². The first kappa shape index (κ1) is 13.1. The third-order valence-electron chi connectivity index (χ3n) is 3.58. The van der Waals surface area contributed by atoms with Crippen molar-refractivity contribution in [3.63, 3.8) is 0 Å². The third-order valence-corrected chi connectivity index (χ3v) is 3.58. The number of allylic oxidation sites excluding steroid dienone is 2. The van der Waals surface area contributed by atoms with Crippen molar-refractivity contribution in [3.05, 3.63) is 53.1 Å². The monoisotopic (exact) mass is 242 g/mol. The Balaban J connectivity index is 2.49. The van der Waals surface area contributed by atoms with Gasteiger partial charge in [-0.25, -0.2) is 0 Å². The molecule has 0 heterocycles. The summed E-state index contributed by atoms with van der Waals surface area (Å²) in [6.07, 6.45) is 6.80. The fraction of sp³-hybridized carbons (Fsp3) is 0.375. The fourth-order valence-corrected chi connectivity index (χ4v) is 2.57. The molecule has 0 fully saturated rings. The van der Waals surface area contributed by atoms with Crippen molar-refractivity contribution in [2.45, 2.75) is 38.8 Å². The summed E-state index contributed by atoms with van der Waals surface area (Å²) in [6, 6.07) is 8.57. The van der Waals surface area contributed by atoms with Crippen LogP contribution >= 0.6 is 0 Å². The van der Waals surface area contributed by atoms with E-state index in [1.165, 1.54) is 22.3 Å². The molecule has 2 heteroatoms. The smallest absolute Gasteiger partial charge is 0.0869 e. The van der Waals surface area contributed by atoms with Crippen molar-refractivity contribution in [2.24, 2.45) is 11.5 Å². The standard InChI is InChI=1S/C16H22N2/c1-3-12-7-5-6-8-14(12)15-9-10-16(17,18)11-13(15)4-2/h5-10H,3-4,11,17-18H2,1-2H3. The molecule has 0 bridgehead atoms. The zero-order valence-electron chi connectivity index (χ0n) is 11.2. The lowest BCUT2D eigenvalue weighted by Gasteiger charge is -2.28. The van der Waals surface area contributed by atoms with Crippen LogP contribution in [0.3, 0.4) is 0 Å². The maximum Gasteiger partial charge on any atom is 0.0869 e. The second-order valence-electron chi connectivity index (χ2n) is 5.00. The normalized spacial score (nSPS) is 18.2. The van der Waals surface area contributed by atoms with Crippen LogP contribution in [0.5, 0.6) is 0 Å². The molecule has 0 saturated heterocycles. The van der Waals surface area contributed by atoms with Gasteiger partial charge in [-0.15, -0.1) is 0 Å². The number of benzene rings is 1. The highest BCUT2D eigenvalue weighted by molar-refractivity contribution is 5.80. The molecule has 1 aromatic rings. The molecule has 0 atom stereocenters. The summed E-state index contributed by atoms with van der Waals surface area (Å²) in [5.41, 5.74) is 16.7. The molecule has 1 aliphatic rings.